The van der Waals surface area contributed by atoms with Crippen LogP contribution in [0.25, 0.3) is 0 Å². The number of halogens is 3. The van der Waals surface area contributed by atoms with Gasteiger partial charge in [-0.15, -0.1) is 0 Å². The molecule has 0 fully saturated rings. The van der Waals surface area contributed by atoms with Gasteiger partial charge in [0.05, 0.1) is 6.20 Å². The molecule has 0 saturated heterocycles. The van der Waals surface area contributed by atoms with Gasteiger partial charge in [0.2, 0.25) is 0 Å². The Morgan fingerprint density at radius 1 is 1.15 bits per heavy atom. The lowest BCUT2D eigenvalue weighted by Gasteiger charge is -2.19. The summed E-state index contributed by atoms with van der Waals surface area (Å²) in [6.45, 7) is 2.46. The molecule has 0 bridgehead atoms. The minimum atomic E-state index is -0.895. The first-order valence-electron chi connectivity index (χ1n) is 6.39. The largest absolute Gasteiger partial charge is 0.310 e. The van der Waals surface area contributed by atoms with E-state index in [2.05, 4.69) is 10.3 Å². The van der Waals surface area contributed by atoms with Crippen molar-refractivity contribution in [1.82, 2.24) is 10.3 Å². The molecule has 2 aromatic rings. The lowest BCUT2D eigenvalue weighted by Crippen LogP contribution is -2.24. The molecule has 5 heteroatoms. The highest BCUT2D eigenvalue weighted by Crippen LogP contribution is 2.23. The van der Waals surface area contributed by atoms with Crippen molar-refractivity contribution in [2.45, 2.75) is 19.4 Å². The Balaban J connectivity index is 2.31. The van der Waals surface area contributed by atoms with Crippen LogP contribution >= 0.6 is 0 Å². The molecule has 0 aliphatic carbocycles. The van der Waals surface area contributed by atoms with Crippen LogP contribution in [0.2, 0.25) is 0 Å². The number of nitrogens with zero attached hydrogens (tertiary/aromatic N) is 1. The van der Waals surface area contributed by atoms with Gasteiger partial charge >= 0.3 is 0 Å². The Morgan fingerprint density at radius 2 is 1.95 bits per heavy atom. The van der Waals surface area contributed by atoms with Crippen molar-refractivity contribution >= 4 is 0 Å². The molecule has 1 aromatic carbocycles. The second-order valence-electron chi connectivity index (χ2n) is 4.42. The molecule has 1 unspecified atom stereocenters. The predicted octanol–water partition coefficient (Wildman–Crippen LogP) is 3.39. The normalized spacial score (nSPS) is 12.4. The summed E-state index contributed by atoms with van der Waals surface area (Å²) in [5, 5.41) is 3.08. The van der Waals surface area contributed by atoms with Crippen LogP contribution in [0, 0.1) is 17.5 Å². The maximum Gasteiger partial charge on any atom is 0.162 e. The molecule has 2 nitrogen and oxygen atoms in total. The minimum Gasteiger partial charge on any atom is -0.310 e. The molecule has 0 amide bonds. The zero-order chi connectivity index (χ0) is 14.5. The maximum atomic E-state index is 13.8. The molecule has 0 saturated carbocycles. The highest BCUT2D eigenvalue weighted by molar-refractivity contribution is 5.25. The fraction of sp³-hybridized carbons (Fsp3) is 0.267. The molecule has 1 atom stereocenters. The van der Waals surface area contributed by atoms with Crippen molar-refractivity contribution < 1.29 is 13.2 Å². The molecule has 0 radical (unpaired) electrons. The van der Waals surface area contributed by atoms with E-state index in [0.717, 1.165) is 12.3 Å². The van der Waals surface area contributed by atoms with Crippen molar-refractivity contribution in [2.75, 3.05) is 6.54 Å². The van der Waals surface area contributed by atoms with Crippen LogP contribution in [0.3, 0.4) is 0 Å². The molecule has 1 aromatic heterocycles. The van der Waals surface area contributed by atoms with Crippen LogP contribution in [0.15, 0.2) is 36.7 Å². The second kappa shape index (κ2) is 6.52. The molecule has 1 N–H and O–H groups in total. The first-order valence-corrected chi connectivity index (χ1v) is 6.39. The minimum absolute atomic E-state index is 0.165. The first kappa shape index (κ1) is 14.5. The van der Waals surface area contributed by atoms with Gasteiger partial charge in [0, 0.05) is 17.8 Å². The zero-order valence-corrected chi connectivity index (χ0v) is 11.0. The van der Waals surface area contributed by atoms with Crippen LogP contribution < -0.4 is 5.32 Å². The molecular formula is C15H15F3N2. The Morgan fingerprint density at radius 3 is 2.65 bits per heavy atom. The second-order valence-corrected chi connectivity index (χ2v) is 4.42. The number of hydrogen-bond acceptors (Lipinski definition) is 2. The van der Waals surface area contributed by atoms with Crippen molar-refractivity contribution in [3.05, 3.63) is 65.2 Å². The Hall–Kier alpha value is -1.88. The van der Waals surface area contributed by atoms with Gasteiger partial charge in [0.15, 0.2) is 11.6 Å². The standard InChI is InChI=1S/C15H15F3N2/c1-2-20-14(11-6-7-19-9-13(11)17)8-10-4-3-5-12(16)15(10)18/h3-7,9,14,20H,2,8H2,1H3. The van der Waals surface area contributed by atoms with E-state index in [9.17, 15) is 13.2 Å². The lowest BCUT2D eigenvalue weighted by molar-refractivity contribution is 0.471. The molecule has 20 heavy (non-hydrogen) atoms. The van der Waals surface area contributed by atoms with Gasteiger partial charge in [-0.3, -0.25) is 4.98 Å². The number of nitrogens with one attached hydrogen (secondary N) is 1. The molecule has 2 rings (SSSR count). The Labute approximate surface area is 115 Å². The fourth-order valence-electron chi connectivity index (χ4n) is 2.13. The van der Waals surface area contributed by atoms with E-state index in [1.165, 1.54) is 18.3 Å². The van der Waals surface area contributed by atoms with Crippen molar-refractivity contribution in [3.8, 4) is 0 Å². The van der Waals surface area contributed by atoms with Gasteiger partial charge in [0.25, 0.3) is 0 Å². The average molecular weight is 280 g/mol. The van der Waals surface area contributed by atoms with Gasteiger partial charge in [-0.05, 0) is 30.7 Å². The zero-order valence-electron chi connectivity index (χ0n) is 11.0. The van der Waals surface area contributed by atoms with Crippen molar-refractivity contribution in [1.29, 1.82) is 0 Å². The molecule has 1 heterocycles. The topological polar surface area (TPSA) is 24.9 Å². The SMILES string of the molecule is CCNC(Cc1cccc(F)c1F)c1ccncc1F. The third-order valence-corrected chi connectivity index (χ3v) is 3.09. The monoisotopic (exact) mass is 280 g/mol. The first-order chi connectivity index (χ1) is 9.63. The number of likely N-dealkylation sites (N-methyl/N-ethyl adjacent to an activating group) is 1. The fourth-order valence-corrected chi connectivity index (χ4v) is 2.13. The third-order valence-electron chi connectivity index (χ3n) is 3.09. The highest BCUT2D eigenvalue weighted by Gasteiger charge is 2.18. The number of benzene rings is 1. The summed E-state index contributed by atoms with van der Waals surface area (Å²) in [4.78, 5) is 3.69. The summed E-state index contributed by atoms with van der Waals surface area (Å²) >= 11 is 0. The third kappa shape index (κ3) is 3.17. The summed E-state index contributed by atoms with van der Waals surface area (Å²) in [5.74, 6) is -2.24. The van der Waals surface area contributed by atoms with E-state index in [0.29, 0.717) is 12.1 Å². The number of aromatic nitrogens is 1. The number of hydrogen-bond donors (Lipinski definition) is 1. The van der Waals surface area contributed by atoms with Gasteiger partial charge in [0.1, 0.15) is 5.82 Å². The molecule has 0 spiro atoms. The van der Waals surface area contributed by atoms with Crippen molar-refractivity contribution in [2.24, 2.45) is 0 Å². The Kier molecular flexibility index (Phi) is 4.74. The average Bonchev–Trinajstić information content (AvgIpc) is 2.44. The molecule has 0 aliphatic heterocycles. The molecular weight excluding hydrogens is 265 g/mol. The maximum absolute atomic E-state index is 13.8. The number of pyridine rings is 1. The highest BCUT2D eigenvalue weighted by atomic mass is 19.2. The Bertz CT molecular complexity index is 587. The van der Waals surface area contributed by atoms with E-state index in [-0.39, 0.29) is 12.0 Å². The van der Waals surface area contributed by atoms with E-state index in [1.54, 1.807) is 6.07 Å². The predicted molar refractivity (Wildman–Crippen MR) is 70.7 cm³/mol. The van der Waals surface area contributed by atoms with Crippen LogP contribution in [0.1, 0.15) is 24.1 Å². The van der Waals surface area contributed by atoms with Gasteiger partial charge in [-0.25, -0.2) is 13.2 Å². The van der Waals surface area contributed by atoms with E-state index in [1.807, 2.05) is 6.92 Å². The van der Waals surface area contributed by atoms with Crippen molar-refractivity contribution in [3.63, 3.8) is 0 Å². The summed E-state index contributed by atoms with van der Waals surface area (Å²) < 4.78 is 40.7. The van der Waals surface area contributed by atoms with E-state index >= 15 is 0 Å². The van der Waals surface area contributed by atoms with Crippen LogP contribution in [0.5, 0.6) is 0 Å². The summed E-state index contributed by atoms with van der Waals surface area (Å²) in [6, 6.07) is 5.12. The van der Waals surface area contributed by atoms with Crippen LogP contribution in [-0.4, -0.2) is 11.5 Å². The quantitative estimate of drug-likeness (QED) is 0.908. The van der Waals surface area contributed by atoms with Crippen LogP contribution in [0.4, 0.5) is 13.2 Å². The molecule has 0 aliphatic rings. The van der Waals surface area contributed by atoms with Gasteiger partial charge in [-0.2, -0.15) is 0 Å². The summed E-state index contributed by atoms with van der Waals surface area (Å²) in [6.07, 6.45) is 2.75. The van der Waals surface area contributed by atoms with Crippen LogP contribution in [-0.2, 0) is 6.42 Å². The smallest absolute Gasteiger partial charge is 0.162 e. The lowest BCUT2D eigenvalue weighted by atomic mass is 9.98. The van der Waals surface area contributed by atoms with Gasteiger partial charge in [-0.1, -0.05) is 19.1 Å². The summed E-state index contributed by atoms with van der Waals surface area (Å²) in [7, 11) is 0. The van der Waals surface area contributed by atoms with E-state index < -0.39 is 23.5 Å². The van der Waals surface area contributed by atoms with E-state index in [4.69, 9.17) is 0 Å². The number of rotatable bonds is 5. The van der Waals surface area contributed by atoms with Gasteiger partial charge < -0.3 is 5.32 Å². The summed E-state index contributed by atoms with van der Waals surface area (Å²) in [5.41, 5.74) is 0.609. The molecule has 106 valence electrons.